The first-order valence-corrected chi connectivity index (χ1v) is 13.0. The van der Waals surface area contributed by atoms with Gasteiger partial charge in [0.15, 0.2) is 22.6 Å². The molecule has 1 aliphatic heterocycles. The second-order valence-corrected chi connectivity index (χ2v) is 11.0. The van der Waals surface area contributed by atoms with Gasteiger partial charge in [0.2, 0.25) is 5.76 Å². The Labute approximate surface area is 208 Å². The molecule has 11 heteroatoms. The van der Waals surface area contributed by atoms with Crippen molar-refractivity contribution in [2.75, 3.05) is 25.4 Å². The summed E-state index contributed by atoms with van der Waals surface area (Å²) in [5.41, 5.74) is 1.10. The molecule has 5 rings (SSSR count). The van der Waals surface area contributed by atoms with Gasteiger partial charge in [0.05, 0.1) is 0 Å². The fourth-order valence-electron chi connectivity index (χ4n) is 4.91. The normalized spacial score (nSPS) is 22.7. The number of hydrogen-bond acceptors (Lipinski definition) is 6. The van der Waals surface area contributed by atoms with E-state index in [2.05, 4.69) is 60.3 Å². The van der Waals surface area contributed by atoms with Crippen molar-refractivity contribution < 1.29 is 17.6 Å². The summed E-state index contributed by atoms with van der Waals surface area (Å²) in [5, 5.41) is 8.63. The van der Waals surface area contributed by atoms with Crippen molar-refractivity contribution in [3.63, 3.8) is 0 Å². The molecule has 0 bridgehead atoms. The fourth-order valence-corrected chi connectivity index (χ4v) is 6.01. The molecule has 0 spiro atoms. The summed E-state index contributed by atoms with van der Waals surface area (Å²) in [4.78, 5) is 6.45. The number of nitrogens with zero attached hydrogens (tertiary/aromatic N) is 5. The number of rotatable bonds is 7. The van der Waals surface area contributed by atoms with Gasteiger partial charge in [-0.05, 0) is 54.8 Å². The molecule has 3 atom stereocenters. The van der Waals surface area contributed by atoms with Gasteiger partial charge >= 0.3 is 6.18 Å². The van der Waals surface area contributed by atoms with E-state index in [4.69, 9.17) is 4.42 Å². The van der Waals surface area contributed by atoms with Gasteiger partial charge in [-0.15, -0.1) is 10.2 Å². The SMILES string of the molecule is Cc1nc(-c2nnc(SCCCN3CC4CC4C(c4ccc(Br)cc4)C3)n2C)c(C(F)(F)F)o1. The van der Waals surface area contributed by atoms with E-state index in [9.17, 15) is 13.2 Å². The molecule has 1 aromatic carbocycles. The predicted molar refractivity (Wildman–Crippen MR) is 127 cm³/mol. The molecule has 0 radical (unpaired) electrons. The van der Waals surface area contributed by atoms with Crippen LogP contribution in [0.2, 0.25) is 0 Å². The van der Waals surface area contributed by atoms with Crippen LogP contribution >= 0.6 is 27.7 Å². The van der Waals surface area contributed by atoms with Crippen LogP contribution in [0.15, 0.2) is 38.3 Å². The van der Waals surface area contributed by atoms with Crippen molar-refractivity contribution in [3.8, 4) is 11.5 Å². The average molecular weight is 556 g/mol. The van der Waals surface area contributed by atoms with Crippen LogP contribution in [-0.4, -0.2) is 50.0 Å². The molecule has 1 aliphatic carbocycles. The van der Waals surface area contributed by atoms with Gasteiger partial charge in [-0.25, -0.2) is 4.98 Å². The minimum Gasteiger partial charge on any atom is -0.436 e. The van der Waals surface area contributed by atoms with Gasteiger partial charge in [-0.2, -0.15) is 13.2 Å². The first-order chi connectivity index (χ1) is 16.2. The number of aromatic nitrogens is 4. The van der Waals surface area contributed by atoms with Crippen molar-refractivity contribution in [3.05, 3.63) is 46.0 Å². The predicted octanol–water partition coefficient (Wildman–Crippen LogP) is 5.78. The Morgan fingerprint density at radius 3 is 2.68 bits per heavy atom. The number of benzene rings is 1. The Morgan fingerprint density at radius 2 is 1.94 bits per heavy atom. The summed E-state index contributed by atoms with van der Waals surface area (Å²) in [6.07, 6.45) is -2.36. The van der Waals surface area contributed by atoms with Gasteiger partial charge in [0.1, 0.15) is 0 Å². The Bertz CT molecular complexity index is 1160. The molecule has 3 heterocycles. The molecular formula is C23H25BrF3N5OS. The molecule has 1 saturated carbocycles. The van der Waals surface area contributed by atoms with Crippen LogP contribution in [0, 0.1) is 18.8 Å². The number of alkyl halides is 3. The second kappa shape index (κ2) is 9.31. The monoisotopic (exact) mass is 555 g/mol. The maximum absolute atomic E-state index is 13.3. The minimum atomic E-state index is -4.64. The number of fused-ring (bicyclic) bond motifs is 1. The smallest absolute Gasteiger partial charge is 0.436 e. The molecule has 3 aromatic rings. The lowest BCUT2D eigenvalue weighted by Crippen LogP contribution is -2.37. The van der Waals surface area contributed by atoms with Crippen LogP contribution < -0.4 is 0 Å². The first-order valence-electron chi connectivity index (χ1n) is 11.3. The third kappa shape index (κ3) is 4.92. The molecule has 2 aromatic heterocycles. The quantitative estimate of drug-likeness (QED) is 0.272. The number of halogens is 4. The number of likely N-dealkylation sites (tertiary alicyclic amines) is 1. The van der Waals surface area contributed by atoms with Gasteiger partial charge in [-0.1, -0.05) is 39.8 Å². The van der Waals surface area contributed by atoms with Crippen molar-refractivity contribution in [1.29, 1.82) is 0 Å². The Hall–Kier alpha value is -1.85. The van der Waals surface area contributed by atoms with E-state index < -0.39 is 11.9 Å². The highest BCUT2D eigenvalue weighted by molar-refractivity contribution is 9.10. The zero-order chi connectivity index (χ0) is 24.0. The average Bonchev–Trinajstić information content (AvgIpc) is 3.33. The highest BCUT2D eigenvalue weighted by atomic mass is 79.9. The summed E-state index contributed by atoms with van der Waals surface area (Å²) in [6, 6.07) is 8.70. The highest BCUT2D eigenvalue weighted by Gasteiger charge is 2.48. The van der Waals surface area contributed by atoms with E-state index in [-0.39, 0.29) is 17.4 Å². The number of piperidine rings is 1. The number of aryl methyl sites for hydroxylation is 1. The molecule has 0 amide bonds. The van der Waals surface area contributed by atoms with Gasteiger partial charge in [0.25, 0.3) is 0 Å². The topological polar surface area (TPSA) is 60.0 Å². The summed E-state index contributed by atoms with van der Waals surface area (Å²) < 4.78 is 47.3. The molecule has 34 heavy (non-hydrogen) atoms. The zero-order valence-corrected chi connectivity index (χ0v) is 21.3. The third-order valence-corrected chi connectivity index (χ3v) is 8.26. The first kappa shape index (κ1) is 23.9. The van der Waals surface area contributed by atoms with Gasteiger partial charge in [0, 0.05) is 37.3 Å². The number of hydrogen-bond donors (Lipinski definition) is 0. The highest BCUT2D eigenvalue weighted by Crippen LogP contribution is 2.52. The maximum Gasteiger partial charge on any atom is 0.452 e. The standard InChI is InChI=1S/C23H25BrF3N5OS/c1-13-28-19(20(33-13)23(25,26)27)21-29-30-22(31(21)2)34-9-3-8-32-11-15-10-17(15)18(12-32)14-4-6-16(24)7-5-14/h4-7,15,17-18H,3,8-12H2,1-2H3. The molecule has 182 valence electrons. The van der Waals surface area contributed by atoms with Crippen LogP contribution in [-0.2, 0) is 13.2 Å². The van der Waals surface area contributed by atoms with E-state index in [0.29, 0.717) is 11.1 Å². The van der Waals surface area contributed by atoms with Crippen molar-refractivity contribution in [1.82, 2.24) is 24.6 Å². The summed E-state index contributed by atoms with van der Waals surface area (Å²) in [5.74, 6) is 1.87. The van der Waals surface area contributed by atoms with Crippen molar-refractivity contribution in [2.24, 2.45) is 18.9 Å². The Balaban J connectivity index is 1.17. The van der Waals surface area contributed by atoms with Crippen LogP contribution in [0.3, 0.4) is 0 Å². The van der Waals surface area contributed by atoms with E-state index in [1.165, 1.54) is 30.7 Å². The number of thioether (sulfide) groups is 1. The third-order valence-electron chi connectivity index (χ3n) is 6.63. The van der Waals surface area contributed by atoms with E-state index in [1.54, 1.807) is 11.6 Å². The summed E-state index contributed by atoms with van der Waals surface area (Å²) >= 11 is 5.02. The lowest BCUT2D eigenvalue weighted by atomic mass is 9.90. The second-order valence-electron chi connectivity index (χ2n) is 9.05. The minimum absolute atomic E-state index is 0.0552. The molecule has 0 N–H and O–H groups in total. The van der Waals surface area contributed by atoms with Crippen molar-refractivity contribution in [2.45, 2.75) is 37.0 Å². The number of oxazole rings is 1. The maximum atomic E-state index is 13.3. The van der Waals surface area contributed by atoms with Crippen LogP contribution in [0.25, 0.3) is 11.5 Å². The molecule has 1 saturated heterocycles. The largest absolute Gasteiger partial charge is 0.452 e. The molecular weight excluding hydrogens is 531 g/mol. The van der Waals surface area contributed by atoms with E-state index in [1.807, 2.05) is 0 Å². The van der Waals surface area contributed by atoms with Crippen molar-refractivity contribution >= 4 is 27.7 Å². The van der Waals surface area contributed by atoms with Gasteiger partial charge in [-0.3, -0.25) is 0 Å². The van der Waals surface area contributed by atoms with E-state index in [0.717, 1.165) is 48.1 Å². The molecule has 3 unspecified atom stereocenters. The van der Waals surface area contributed by atoms with Crippen LogP contribution in [0.4, 0.5) is 13.2 Å². The molecule has 6 nitrogen and oxygen atoms in total. The Kier molecular flexibility index (Phi) is 6.54. The summed E-state index contributed by atoms with van der Waals surface area (Å²) in [6.45, 7) is 4.61. The summed E-state index contributed by atoms with van der Waals surface area (Å²) in [7, 11) is 1.66. The van der Waals surface area contributed by atoms with Crippen LogP contribution in [0.1, 0.15) is 36.0 Å². The van der Waals surface area contributed by atoms with E-state index >= 15 is 0 Å². The lowest BCUT2D eigenvalue weighted by molar-refractivity contribution is -0.152. The lowest BCUT2D eigenvalue weighted by Gasteiger charge is -2.32. The fraction of sp³-hybridized carbons (Fsp3) is 0.522. The van der Waals surface area contributed by atoms with Gasteiger partial charge < -0.3 is 13.9 Å². The molecule has 2 aliphatic rings. The van der Waals surface area contributed by atoms with Crippen LogP contribution in [0.5, 0.6) is 0 Å². The molecule has 2 fully saturated rings. The Morgan fingerprint density at radius 1 is 1.18 bits per heavy atom. The zero-order valence-electron chi connectivity index (χ0n) is 18.8.